The summed E-state index contributed by atoms with van der Waals surface area (Å²) in [7, 11) is 0. The second kappa shape index (κ2) is 4.61. The molecule has 0 spiro atoms. The average molecular weight is 232 g/mol. The standard InChI is InChI=1S/C12H9FN2O2/c13-10-4-2-1-3-9(10)12-14-7-8(15-12)5-6-11(16)17/h1-7H,(H,14,15)(H,16,17)/b6-5+. The van der Waals surface area contributed by atoms with E-state index in [0.29, 0.717) is 17.1 Å². The number of hydrogen-bond acceptors (Lipinski definition) is 2. The number of carboxylic acids is 1. The molecule has 0 amide bonds. The zero-order valence-corrected chi connectivity index (χ0v) is 8.72. The van der Waals surface area contributed by atoms with Crippen LogP contribution in [0.15, 0.2) is 36.5 Å². The normalized spacial score (nSPS) is 10.9. The van der Waals surface area contributed by atoms with Gasteiger partial charge >= 0.3 is 5.97 Å². The van der Waals surface area contributed by atoms with Gasteiger partial charge in [-0.3, -0.25) is 0 Å². The van der Waals surface area contributed by atoms with Gasteiger partial charge in [0.15, 0.2) is 0 Å². The first-order valence-corrected chi connectivity index (χ1v) is 4.88. The average Bonchev–Trinajstić information content (AvgIpc) is 2.75. The van der Waals surface area contributed by atoms with Crippen molar-refractivity contribution >= 4 is 12.0 Å². The van der Waals surface area contributed by atoms with E-state index in [2.05, 4.69) is 9.97 Å². The van der Waals surface area contributed by atoms with Crippen molar-refractivity contribution < 1.29 is 14.3 Å². The fourth-order valence-corrected chi connectivity index (χ4v) is 1.37. The van der Waals surface area contributed by atoms with Crippen LogP contribution in [0.4, 0.5) is 4.39 Å². The van der Waals surface area contributed by atoms with E-state index >= 15 is 0 Å². The van der Waals surface area contributed by atoms with Crippen LogP contribution in [0.1, 0.15) is 5.69 Å². The molecule has 2 aromatic rings. The zero-order valence-electron chi connectivity index (χ0n) is 8.72. The lowest BCUT2D eigenvalue weighted by Crippen LogP contribution is -1.86. The van der Waals surface area contributed by atoms with Crippen LogP contribution >= 0.6 is 0 Å². The second-order valence-corrected chi connectivity index (χ2v) is 3.34. The first-order chi connectivity index (χ1) is 8.16. The summed E-state index contributed by atoms with van der Waals surface area (Å²) in [6, 6.07) is 6.23. The third-order valence-corrected chi connectivity index (χ3v) is 2.13. The maximum absolute atomic E-state index is 13.4. The van der Waals surface area contributed by atoms with Crippen molar-refractivity contribution in [1.82, 2.24) is 9.97 Å². The number of nitrogens with one attached hydrogen (secondary N) is 1. The molecule has 0 saturated heterocycles. The summed E-state index contributed by atoms with van der Waals surface area (Å²) in [5.41, 5.74) is 0.855. The number of imidazole rings is 1. The molecule has 1 aromatic carbocycles. The summed E-state index contributed by atoms with van der Waals surface area (Å²) in [6.07, 6.45) is 3.79. The lowest BCUT2D eigenvalue weighted by atomic mass is 10.2. The number of nitrogens with zero attached hydrogens (tertiary/aromatic N) is 1. The predicted octanol–water partition coefficient (Wildman–Crippen LogP) is 2.31. The van der Waals surface area contributed by atoms with Crippen molar-refractivity contribution in [2.75, 3.05) is 0 Å². The van der Waals surface area contributed by atoms with Crippen LogP contribution in [-0.2, 0) is 4.79 Å². The summed E-state index contributed by atoms with van der Waals surface area (Å²) in [5, 5.41) is 8.46. The summed E-state index contributed by atoms with van der Waals surface area (Å²) in [4.78, 5) is 17.1. The minimum atomic E-state index is -1.05. The van der Waals surface area contributed by atoms with Crippen LogP contribution in [0.5, 0.6) is 0 Å². The fraction of sp³-hybridized carbons (Fsp3) is 0. The molecule has 2 N–H and O–H groups in total. The van der Waals surface area contributed by atoms with Gasteiger partial charge in [0.1, 0.15) is 11.6 Å². The molecule has 0 fully saturated rings. The molecule has 86 valence electrons. The molecule has 0 radical (unpaired) electrons. The topological polar surface area (TPSA) is 66.0 Å². The molecule has 0 atom stereocenters. The highest BCUT2D eigenvalue weighted by Crippen LogP contribution is 2.19. The molecule has 0 saturated carbocycles. The Balaban J connectivity index is 2.30. The molecular weight excluding hydrogens is 223 g/mol. The smallest absolute Gasteiger partial charge is 0.328 e. The summed E-state index contributed by atoms with van der Waals surface area (Å²) < 4.78 is 13.4. The van der Waals surface area contributed by atoms with Crippen molar-refractivity contribution in [3.05, 3.63) is 48.0 Å². The number of benzene rings is 1. The Bertz CT molecular complexity index is 575. The highest BCUT2D eigenvalue weighted by atomic mass is 19.1. The van der Waals surface area contributed by atoms with E-state index in [1.54, 1.807) is 18.2 Å². The number of aromatic nitrogens is 2. The zero-order chi connectivity index (χ0) is 12.3. The molecule has 0 bridgehead atoms. The van der Waals surface area contributed by atoms with E-state index in [9.17, 15) is 9.18 Å². The van der Waals surface area contributed by atoms with Crippen molar-refractivity contribution in [2.24, 2.45) is 0 Å². The van der Waals surface area contributed by atoms with E-state index < -0.39 is 5.97 Å². The molecule has 4 nitrogen and oxygen atoms in total. The second-order valence-electron chi connectivity index (χ2n) is 3.34. The molecule has 0 aliphatic heterocycles. The number of halogens is 1. The van der Waals surface area contributed by atoms with Gasteiger partial charge in [-0.2, -0.15) is 0 Å². The molecular formula is C12H9FN2O2. The first-order valence-electron chi connectivity index (χ1n) is 4.88. The van der Waals surface area contributed by atoms with Gasteiger partial charge < -0.3 is 10.1 Å². The van der Waals surface area contributed by atoms with Gasteiger partial charge in [0.05, 0.1) is 17.5 Å². The molecule has 5 heteroatoms. The monoisotopic (exact) mass is 232 g/mol. The van der Waals surface area contributed by atoms with Gasteiger partial charge in [-0.05, 0) is 18.2 Å². The number of aliphatic carboxylic acids is 1. The van der Waals surface area contributed by atoms with Crippen LogP contribution in [0.25, 0.3) is 17.5 Å². The number of hydrogen-bond donors (Lipinski definition) is 2. The lowest BCUT2D eigenvalue weighted by molar-refractivity contribution is -0.131. The lowest BCUT2D eigenvalue weighted by Gasteiger charge is -1.97. The third-order valence-electron chi connectivity index (χ3n) is 2.13. The quantitative estimate of drug-likeness (QED) is 0.798. The van der Waals surface area contributed by atoms with Crippen LogP contribution < -0.4 is 0 Å². The Morgan fingerprint density at radius 3 is 2.88 bits per heavy atom. The predicted molar refractivity (Wildman–Crippen MR) is 60.7 cm³/mol. The number of carbonyl (C=O) groups is 1. The van der Waals surface area contributed by atoms with E-state index in [-0.39, 0.29) is 5.82 Å². The Morgan fingerprint density at radius 2 is 2.18 bits per heavy atom. The van der Waals surface area contributed by atoms with Gasteiger partial charge in [-0.15, -0.1) is 0 Å². The third kappa shape index (κ3) is 2.57. The van der Waals surface area contributed by atoms with Crippen LogP contribution in [0.2, 0.25) is 0 Å². The van der Waals surface area contributed by atoms with Crippen LogP contribution in [0, 0.1) is 5.82 Å². The number of rotatable bonds is 3. The molecule has 1 aromatic heterocycles. The number of carboxylic acid groups (broad SMARTS) is 1. The van der Waals surface area contributed by atoms with Crippen molar-refractivity contribution in [3.63, 3.8) is 0 Å². The van der Waals surface area contributed by atoms with Crippen LogP contribution in [-0.4, -0.2) is 21.0 Å². The minimum Gasteiger partial charge on any atom is -0.478 e. The summed E-state index contributed by atoms with van der Waals surface area (Å²) >= 11 is 0. The maximum atomic E-state index is 13.4. The number of H-pyrrole nitrogens is 1. The largest absolute Gasteiger partial charge is 0.478 e. The van der Waals surface area contributed by atoms with E-state index in [4.69, 9.17) is 5.11 Å². The molecule has 2 rings (SSSR count). The van der Waals surface area contributed by atoms with Gasteiger partial charge in [-0.25, -0.2) is 14.2 Å². The SMILES string of the molecule is O=C(O)/C=C/c1cnc(-c2ccccc2F)[nH]1. The van der Waals surface area contributed by atoms with E-state index in [1.807, 2.05) is 0 Å². The molecule has 0 aliphatic rings. The molecule has 17 heavy (non-hydrogen) atoms. The summed E-state index contributed by atoms with van der Waals surface area (Å²) in [6.45, 7) is 0. The summed E-state index contributed by atoms with van der Waals surface area (Å²) in [5.74, 6) is -1.06. The Morgan fingerprint density at radius 1 is 1.41 bits per heavy atom. The van der Waals surface area contributed by atoms with Gasteiger partial charge in [0.2, 0.25) is 0 Å². The molecule has 1 heterocycles. The Hall–Kier alpha value is -2.43. The molecule has 0 aliphatic carbocycles. The molecule has 0 unspecified atom stereocenters. The van der Waals surface area contributed by atoms with Crippen molar-refractivity contribution in [2.45, 2.75) is 0 Å². The van der Waals surface area contributed by atoms with Gasteiger partial charge in [0, 0.05) is 6.08 Å². The highest BCUT2D eigenvalue weighted by molar-refractivity contribution is 5.84. The van der Waals surface area contributed by atoms with Crippen molar-refractivity contribution in [3.8, 4) is 11.4 Å². The van der Waals surface area contributed by atoms with Crippen molar-refractivity contribution in [1.29, 1.82) is 0 Å². The minimum absolute atomic E-state index is 0.350. The van der Waals surface area contributed by atoms with Crippen LogP contribution in [0.3, 0.4) is 0 Å². The highest BCUT2D eigenvalue weighted by Gasteiger charge is 2.06. The van der Waals surface area contributed by atoms with E-state index in [0.717, 1.165) is 6.08 Å². The van der Waals surface area contributed by atoms with Gasteiger partial charge in [0.25, 0.3) is 0 Å². The fourth-order valence-electron chi connectivity index (χ4n) is 1.37. The number of aromatic amines is 1. The Kier molecular flexibility index (Phi) is 3.00. The first kappa shape index (κ1) is 11.1. The Labute approximate surface area is 96.4 Å². The maximum Gasteiger partial charge on any atom is 0.328 e. The van der Waals surface area contributed by atoms with Gasteiger partial charge in [-0.1, -0.05) is 12.1 Å². The van der Waals surface area contributed by atoms with E-state index in [1.165, 1.54) is 18.3 Å².